The number of carbonyl (C=O) groups excluding carboxylic acids is 1. The number of esters is 1. The summed E-state index contributed by atoms with van der Waals surface area (Å²) in [6.07, 6.45) is 3.37. The van der Waals surface area contributed by atoms with E-state index < -0.39 is 0 Å². The Labute approximate surface area is 153 Å². The SMILES string of the molecule is COC(=O)CCCN1CCc2ccc(Oc3ccc4c(c3)NCC4)cc21. The molecule has 4 rings (SSSR count). The van der Waals surface area contributed by atoms with E-state index in [1.54, 1.807) is 0 Å². The number of hydrogen-bond donors (Lipinski definition) is 1. The maximum Gasteiger partial charge on any atom is 0.305 e. The lowest BCUT2D eigenvalue weighted by Gasteiger charge is -2.19. The minimum Gasteiger partial charge on any atom is -0.469 e. The Hall–Kier alpha value is -2.69. The third kappa shape index (κ3) is 3.47. The number of anilines is 2. The van der Waals surface area contributed by atoms with Gasteiger partial charge in [0.2, 0.25) is 0 Å². The topological polar surface area (TPSA) is 50.8 Å². The molecule has 0 aliphatic carbocycles. The van der Waals surface area contributed by atoms with Crippen molar-refractivity contribution in [3.8, 4) is 11.5 Å². The van der Waals surface area contributed by atoms with Gasteiger partial charge in [0, 0.05) is 49.6 Å². The first-order valence-electron chi connectivity index (χ1n) is 9.22. The largest absolute Gasteiger partial charge is 0.469 e. The molecule has 2 aromatic carbocycles. The van der Waals surface area contributed by atoms with E-state index in [1.807, 2.05) is 12.1 Å². The predicted octanol–water partition coefficient (Wildman–Crippen LogP) is 3.76. The number of carbonyl (C=O) groups is 1. The first-order chi connectivity index (χ1) is 12.7. The van der Waals surface area contributed by atoms with E-state index in [1.165, 1.54) is 29.6 Å². The van der Waals surface area contributed by atoms with Crippen molar-refractivity contribution < 1.29 is 14.3 Å². The molecule has 0 saturated carbocycles. The highest BCUT2D eigenvalue weighted by Gasteiger charge is 2.20. The summed E-state index contributed by atoms with van der Waals surface area (Å²) >= 11 is 0. The standard InChI is InChI=1S/C21H24N2O3/c1-25-21(24)3-2-11-23-12-9-16-5-7-18(14-20(16)23)26-17-6-4-15-8-10-22-19(15)13-17/h4-7,13-14,22H,2-3,8-12H2,1H3. The van der Waals surface area contributed by atoms with Crippen LogP contribution in [-0.4, -0.2) is 32.7 Å². The van der Waals surface area contributed by atoms with Crippen molar-refractivity contribution in [3.05, 3.63) is 47.5 Å². The highest BCUT2D eigenvalue weighted by molar-refractivity contribution is 5.69. The molecule has 2 aromatic rings. The predicted molar refractivity (Wildman–Crippen MR) is 102 cm³/mol. The molecular formula is C21H24N2O3. The second-order valence-electron chi connectivity index (χ2n) is 6.81. The molecule has 0 aromatic heterocycles. The fourth-order valence-electron chi connectivity index (χ4n) is 3.71. The quantitative estimate of drug-likeness (QED) is 0.802. The summed E-state index contributed by atoms with van der Waals surface area (Å²) in [5.41, 5.74) is 5.08. The van der Waals surface area contributed by atoms with Crippen molar-refractivity contribution in [2.45, 2.75) is 25.7 Å². The van der Waals surface area contributed by atoms with Gasteiger partial charge in [-0.25, -0.2) is 0 Å². The zero-order valence-electron chi connectivity index (χ0n) is 15.1. The molecule has 5 heteroatoms. The molecule has 0 saturated heterocycles. The summed E-state index contributed by atoms with van der Waals surface area (Å²) in [4.78, 5) is 13.6. The van der Waals surface area contributed by atoms with E-state index in [0.717, 1.165) is 50.4 Å². The molecule has 0 radical (unpaired) electrons. The zero-order valence-corrected chi connectivity index (χ0v) is 15.1. The van der Waals surface area contributed by atoms with Crippen molar-refractivity contribution in [2.75, 3.05) is 37.0 Å². The summed E-state index contributed by atoms with van der Waals surface area (Å²) in [6.45, 7) is 2.84. The Kier molecular flexibility index (Phi) is 4.69. The zero-order chi connectivity index (χ0) is 17.9. The van der Waals surface area contributed by atoms with E-state index in [9.17, 15) is 4.79 Å². The molecule has 0 bridgehead atoms. The van der Waals surface area contributed by atoms with Gasteiger partial charge in [-0.3, -0.25) is 4.79 Å². The van der Waals surface area contributed by atoms with Crippen LogP contribution in [0.25, 0.3) is 0 Å². The van der Waals surface area contributed by atoms with Crippen molar-refractivity contribution in [1.82, 2.24) is 0 Å². The Morgan fingerprint density at radius 2 is 1.92 bits per heavy atom. The third-order valence-electron chi connectivity index (χ3n) is 5.11. The van der Waals surface area contributed by atoms with Crippen LogP contribution in [0.15, 0.2) is 36.4 Å². The van der Waals surface area contributed by atoms with E-state index in [0.29, 0.717) is 6.42 Å². The number of benzene rings is 2. The van der Waals surface area contributed by atoms with Crippen LogP contribution in [0, 0.1) is 0 Å². The lowest BCUT2D eigenvalue weighted by molar-refractivity contribution is -0.140. The molecule has 0 fully saturated rings. The van der Waals surface area contributed by atoms with Gasteiger partial charge in [0.15, 0.2) is 0 Å². The van der Waals surface area contributed by atoms with Gasteiger partial charge in [0.05, 0.1) is 7.11 Å². The fraction of sp³-hybridized carbons (Fsp3) is 0.381. The molecular weight excluding hydrogens is 328 g/mol. The minimum absolute atomic E-state index is 0.147. The minimum atomic E-state index is -0.147. The van der Waals surface area contributed by atoms with Gasteiger partial charge in [0.1, 0.15) is 11.5 Å². The number of methoxy groups -OCH3 is 1. The van der Waals surface area contributed by atoms with Crippen LogP contribution in [0.2, 0.25) is 0 Å². The Bertz CT molecular complexity index is 819. The molecule has 0 spiro atoms. The van der Waals surface area contributed by atoms with Crippen molar-refractivity contribution >= 4 is 17.3 Å². The van der Waals surface area contributed by atoms with E-state index in [2.05, 4.69) is 34.5 Å². The number of hydrogen-bond acceptors (Lipinski definition) is 5. The highest BCUT2D eigenvalue weighted by atomic mass is 16.5. The van der Waals surface area contributed by atoms with Crippen LogP contribution in [0.4, 0.5) is 11.4 Å². The Morgan fingerprint density at radius 1 is 1.12 bits per heavy atom. The molecule has 136 valence electrons. The molecule has 2 aliphatic heterocycles. The van der Waals surface area contributed by atoms with Gasteiger partial charge < -0.3 is 19.7 Å². The summed E-state index contributed by atoms with van der Waals surface area (Å²) in [7, 11) is 1.44. The first kappa shape index (κ1) is 16.8. The Balaban J connectivity index is 1.44. The average Bonchev–Trinajstić information content (AvgIpc) is 3.28. The fourth-order valence-corrected chi connectivity index (χ4v) is 3.71. The number of nitrogens with one attached hydrogen (secondary N) is 1. The lowest BCUT2D eigenvalue weighted by atomic mass is 10.1. The number of nitrogens with zero attached hydrogens (tertiary/aromatic N) is 1. The van der Waals surface area contributed by atoms with Crippen molar-refractivity contribution in [1.29, 1.82) is 0 Å². The van der Waals surface area contributed by atoms with Gasteiger partial charge >= 0.3 is 5.97 Å². The molecule has 5 nitrogen and oxygen atoms in total. The molecule has 2 aliphatic rings. The van der Waals surface area contributed by atoms with Crippen LogP contribution < -0.4 is 15.0 Å². The highest BCUT2D eigenvalue weighted by Crippen LogP contribution is 2.35. The van der Waals surface area contributed by atoms with E-state index >= 15 is 0 Å². The van der Waals surface area contributed by atoms with Crippen LogP contribution >= 0.6 is 0 Å². The molecule has 0 amide bonds. The van der Waals surface area contributed by atoms with E-state index in [4.69, 9.17) is 9.47 Å². The monoisotopic (exact) mass is 352 g/mol. The Morgan fingerprint density at radius 3 is 2.77 bits per heavy atom. The van der Waals surface area contributed by atoms with Gasteiger partial charge in [0.25, 0.3) is 0 Å². The lowest BCUT2D eigenvalue weighted by Crippen LogP contribution is -2.22. The summed E-state index contributed by atoms with van der Waals surface area (Å²) in [5, 5.41) is 3.39. The first-order valence-corrected chi connectivity index (χ1v) is 9.22. The van der Waals surface area contributed by atoms with Crippen LogP contribution in [0.1, 0.15) is 24.0 Å². The van der Waals surface area contributed by atoms with Gasteiger partial charge in [-0.2, -0.15) is 0 Å². The summed E-state index contributed by atoms with van der Waals surface area (Å²) < 4.78 is 10.8. The number of fused-ring (bicyclic) bond motifs is 2. The second kappa shape index (κ2) is 7.28. The van der Waals surface area contributed by atoms with Crippen molar-refractivity contribution in [2.24, 2.45) is 0 Å². The molecule has 2 heterocycles. The molecule has 1 N–H and O–H groups in total. The van der Waals surface area contributed by atoms with E-state index in [-0.39, 0.29) is 5.97 Å². The summed E-state index contributed by atoms with van der Waals surface area (Å²) in [5.74, 6) is 1.56. The van der Waals surface area contributed by atoms with Crippen LogP contribution in [0.5, 0.6) is 11.5 Å². The van der Waals surface area contributed by atoms with Crippen molar-refractivity contribution in [3.63, 3.8) is 0 Å². The maximum atomic E-state index is 11.3. The normalized spacial score (nSPS) is 14.6. The molecule has 0 atom stereocenters. The number of rotatable bonds is 6. The summed E-state index contributed by atoms with van der Waals surface area (Å²) in [6, 6.07) is 12.5. The average molecular weight is 352 g/mol. The van der Waals surface area contributed by atoms with Crippen LogP contribution in [-0.2, 0) is 22.4 Å². The second-order valence-corrected chi connectivity index (χ2v) is 6.81. The molecule has 0 unspecified atom stereocenters. The van der Waals surface area contributed by atoms with Gasteiger partial charge in [-0.05, 0) is 42.5 Å². The third-order valence-corrected chi connectivity index (χ3v) is 5.11. The number of ether oxygens (including phenoxy) is 2. The smallest absolute Gasteiger partial charge is 0.305 e. The molecule has 26 heavy (non-hydrogen) atoms. The maximum absolute atomic E-state index is 11.3. The van der Waals surface area contributed by atoms with Crippen LogP contribution in [0.3, 0.4) is 0 Å². The van der Waals surface area contributed by atoms with Gasteiger partial charge in [-0.15, -0.1) is 0 Å². The van der Waals surface area contributed by atoms with Gasteiger partial charge in [-0.1, -0.05) is 12.1 Å².